The quantitative estimate of drug-likeness (QED) is 0.831. The summed E-state index contributed by atoms with van der Waals surface area (Å²) >= 11 is 0. The number of nitrogens with one attached hydrogen (secondary N) is 1. The zero-order chi connectivity index (χ0) is 13.6. The third kappa shape index (κ3) is 1.81. The number of aromatic nitrogens is 1. The number of rotatable bonds is 1. The van der Waals surface area contributed by atoms with Gasteiger partial charge >= 0.3 is 0 Å². The molecule has 0 bridgehead atoms. The minimum atomic E-state index is 0.0561. The standard InChI is InChI=1S/C15H20N4/c1-10-4-5-11(6-16)14(18-10)19-9-12-7-17-8-13(12)15(19,2)3/h4-5,12-13,17H,7-9H2,1-3H3. The van der Waals surface area contributed by atoms with Crippen LogP contribution in [0.25, 0.3) is 0 Å². The van der Waals surface area contributed by atoms with Crippen molar-refractivity contribution >= 4 is 5.82 Å². The molecule has 3 heterocycles. The Bertz CT molecular complexity index is 544. The number of fused-ring (bicyclic) bond motifs is 1. The number of anilines is 1. The second-order valence-corrected chi connectivity index (χ2v) is 6.22. The first kappa shape index (κ1) is 12.4. The number of hydrogen-bond acceptors (Lipinski definition) is 4. The highest BCUT2D eigenvalue weighted by molar-refractivity contribution is 5.57. The number of nitrogens with zero attached hydrogens (tertiary/aromatic N) is 3. The average Bonchev–Trinajstić information content (AvgIpc) is 2.92. The fourth-order valence-electron chi connectivity index (χ4n) is 3.62. The smallest absolute Gasteiger partial charge is 0.147 e. The Morgan fingerprint density at radius 1 is 1.42 bits per heavy atom. The summed E-state index contributed by atoms with van der Waals surface area (Å²) < 4.78 is 0. The topological polar surface area (TPSA) is 52.0 Å². The Balaban J connectivity index is 2.04. The fourth-order valence-corrected chi connectivity index (χ4v) is 3.62. The molecule has 0 amide bonds. The van der Waals surface area contributed by atoms with Crippen molar-refractivity contribution in [3.8, 4) is 6.07 Å². The first-order valence-corrected chi connectivity index (χ1v) is 6.90. The third-order valence-electron chi connectivity index (χ3n) is 4.75. The summed E-state index contributed by atoms with van der Waals surface area (Å²) in [5, 5.41) is 12.8. The largest absolute Gasteiger partial charge is 0.350 e. The predicted molar refractivity (Wildman–Crippen MR) is 75.0 cm³/mol. The van der Waals surface area contributed by atoms with Crippen LogP contribution in [0.15, 0.2) is 12.1 Å². The van der Waals surface area contributed by atoms with Crippen LogP contribution in [-0.2, 0) is 0 Å². The molecule has 19 heavy (non-hydrogen) atoms. The summed E-state index contributed by atoms with van der Waals surface area (Å²) in [4.78, 5) is 6.97. The lowest BCUT2D eigenvalue weighted by molar-refractivity contribution is 0.356. The summed E-state index contributed by atoms with van der Waals surface area (Å²) in [5.41, 5.74) is 1.71. The molecule has 0 aromatic carbocycles. The van der Waals surface area contributed by atoms with Gasteiger partial charge in [0.1, 0.15) is 11.9 Å². The van der Waals surface area contributed by atoms with Crippen LogP contribution in [0.3, 0.4) is 0 Å². The van der Waals surface area contributed by atoms with Crippen LogP contribution in [0.1, 0.15) is 25.1 Å². The van der Waals surface area contributed by atoms with Crippen LogP contribution in [0, 0.1) is 30.1 Å². The van der Waals surface area contributed by atoms with Crippen LogP contribution in [-0.4, -0.2) is 30.2 Å². The lowest BCUT2D eigenvalue weighted by Crippen LogP contribution is -2.45. The Morgan fingerprint density at radius 2 is 2.21 bits per heavy atom. The van der Waals surface area contributed by atoms with Gasteiger partial charge in [-0.15, -0.1) is 0 Å². The van der Waals surface area contributed by atoms with Crippen molar-refractivity contribution in [3.63, 3.8) is 0 Å². The van der Waals surface area contributed by atoms with E-state index in [-0.39, 0.29) is 5.54 Å². The van der Waals surface area contributed by atoms with Crippen LogP contribution in [0.5, 0.6) is 0 Å². The zero-order valence-corrected chi connectivity index (χ0v) is 11.8. The molecule has 1 N–H and O–H groups in total. The van der Waals surface area contributed by atoms with E-state index < -0.39 is 0 Å². The molecule has 0 spiro atoms. The maximum absolute atomic E-state index is 9.31. The molecule has 2 aliphatic rings. The van der Waals surface area contributed by atoms with E-state index in [1.54, 1.807) is 0 Å². The second-order valence-electron chi connectivity index (χ2n) is 6.22. The SMILES string of the molecule is Cc1ccc(C#N)c(N2CC3CNCC3C2(C)C)n1. The molecule has 0 radical (unpaired) electrons. The lowest BCUT2D eigenvalue weighted by atomic mass is 9.85. The molecular weight excluding hydrogens is 236 g/mol. The molecule has 4 heteroatoms. The molecule has 0 aliphatic carbocycles. The second kappa shape index (κ2) is 4.21. The Kier molecular flexibility index (Phi) is 2.75. The summed E-state index contributed by atoms with van der Waals surface area (Å²) in [5.74, 6) is 2.17. The lowest BCUT2D eigenvalue weighted by Gasteiger charge is -2.37. The molecule has 2 atom stereocenters. The van der Waals surface area contributed by atoms with Crippen molar-refractivity contribution in [2.45, 2.75) is 26.3 Å². The van der Waals surface area contributed by atoms with Crippen LogP contribution < -0.4 is 10.2 Å². The van der Waals surface area contributed by atoms with Crippen molar-refractivity contribution in [2.75, 3.05) is 24.5 Å². The highest BCUT2D eigenvalue weighted by Crippen LogP contribution is 2.43. The maximum atomic E-state index is 9.31. The molecule has 3 rings (SSSR count). The third-order valence-corrected chi connectivity index (χ3v) is 4.75. The number of aryl methyl sites for hydroxylation is 1. The molecule has 2 aliphatic heterocycles. The van der Waals surface area contributed by atoms with Gasteiger partial charge in [-0.2, -0.15) is 5.26 Å². The highest BCUT2D eigenvalue weighted by Gasteiger charge is 2.50. The van der Waals surface area contributed by atoms with E-state index in [0.29, 0.717) is 17.4 Å². The van der Waals surface area contributed by atoms with Crippen molar-refractivity contribution in [2.24, 2.45) is 11.8 Å². The van der Waals surface area contributed by atoms with E-state index in [1.807, 2.05) is 19.1 Å². The molecule has 2 saturated heterocycles. The summed E-state index contributed by atoms with van der Waals surface area (Å²) in [6, 6.07) is 6.08. The minimum absolute atomic E-state index is 0.0561. The normalized spacial score (nSPS) is 28.2. The van der Waals surface area contributed by atoms with Crippen molar-refractivity contribution in [1.29, 1.82) is 5.26 Å². The summed E-state index contributed by atoms with van der Waals surface area (Å²) in [7, 11) is 0. The Labute approximate surface area is 114 Å². The molecule has 0 saturated carbocycles. The van der Waals surface area contributed by atoms with Gasteiger partial charge in [-0.1, -0.05) is 0 Å². The van der Waals surface area contributed by atoms with Gasteiger partial charge in [0, 0.05) is 30.9 Å². The van der Waals surface area contributed by atoms with Crippen LogP contribution in [0.4, 0.5) is 5.82 Å². The van der Waals surface area contributed by atoms with Crippen molar-refractivity contribution < 1.29 is 0 Å². The Morgan fingerprint density at radius 3 is 2.89 bits per heavy atom. The van der Waals surface area contributed by atoms with Gasteiger partial charge in [0.15, 0.2) is 0 Å². The molecule has 1 aromatic rings. The molecular formula is C15H20N4. The average molecular weight is 256 g/mol. The van der Waals surface area contributed by atoms with E-state index >= 15 is 0 Å². The van der Waals surface area contributed by atoms with E-state index in [1.165, 1.54) is 0 Å². The number of pyridine rings is 1. The van der Waals surface area contributed by atoms with Gasteiger partial charge in [-0.05, 0) is 44.7 Å². The first-order valence-electron chi connectivity index (χ1n) is 6.90. The van der Waals surface area contributed by atoms with E-state index in [0.717, 1.165) is 31.1 Å². The number of nitriles is 1. The molecule has 1 aromatic heterocycles. The molecule has 2 unspecified atom stereocenters. The molecule has 4 nitrogen and oxygen atoms in total. The van der Waals surface area contributed by atoms with Crippen LogP contribution >= 0.6 is 0 Å². The monoisotopic (exact) mass is 256 g/mol. The summed E-state index contributed by atoms with van der Waals surface area (Å²) in [6.45, 7) is 9.68. The minimum Gasteiger partial charge on any atom is -0.350 e. The van der Waals surface area contributed by atoms with Gasteiger partial charge in [-0.25, -0.2) is 4.98 Å². The fraction of sp³-hybridized carbons (Fsp3) is 0.600. The van der Waals surface area contributed by atoms with Gasteiger partial charge in [-0.3, -0.25) is 0 Å². The van der Waals surface area contributed by atoms with E-state index in [9.17, 15) is 5.26 Å². The zero-order valence-electron chi connectivity index (χ0n) is 11.8. The molecule has 100 valence electrons. The number of hydrogen-bond donors (Lipinski definition) is 1. The van der Waals surface area contributed by atoms with Gasteiger partial charge in [0.05, 0.1) is 5.56 Å². The van der Waals surface area contributed by atoms with E-state index in [2.05, 4.69) is 35.1 Å². The highest BCUT2D eigenvalue weighted by atomic mass is 15.3. The first-order chi connectivity index (χ1) is 9.04. The molecule has 2 fully saturated rings. The van der Waals surface area contributed by atoms with Gasteiger partial charge < -0.3 is 10.2 Å². The van der Waals surface area contributed by atoms with Crippen molar-refractivity contribution in [3.05, 3.63) is 23.4 Å². The summed E-state index contributed by atoms with van der Waals surface area (Å²) in [6.07, 6.45) is 0. The van der Waals surface area contributed by atoms with Crippen LogP contribution in [0.2, 0.25) is 0 Å². The maximum Gasteiger partial charge on any atom is 0.147 e. The van der Waals surface area contributed by atoms with Gasteiger partial charge in [0.25, 0.3) is 0 Å². The van der Waals surface area contributed by atoms with E-state index in [4.69, 9.17) is 0 Å². The Hall–Kier alpha value is -1.60. The van der Waals surface area contributed by atoms with Crippen molar-refractivity contribution in [1.82, 2.24) is 10.3 Å². The predicted octanol–water partition coefficient (Wildman–Crippen LogP) is 1.70. The van der Waals surface area contributed by atoms with Gasteiger partial charge in [0.2, 0.25) is 0 Å².